The fraction of sp³-hybridized carbons (Fsp3) is 0.524. The summed E-state index contributed by atoms with van der Waals surface area (Å²) in [4.78, 5) is 12.5. The first-order valence-electron chi connectivity index (χ1n) is 9.35. The Hall–Kier alpha value is -2.10. The van der Waals surface area contributed by atoms with Gasteiger partial charge in [-0.1, -0.05) is 38.1 Å². The molecular formula is C21H29N3O. The Bertz CT molecular complexity index is 760. The van der Waals surface area contributed by atoms with E-state index < -0.39 is 0 Å². The van der Waals surface area contributed by atoms with E-state index in [9.17, 15) is 4.79 Å². The fourth-order valence-corrected chi connectivity index (χ4v) is 3.83. The van der Waals surface area contributed by atoms with Crippen LogP contribution in [0.15, 0.2) is 24.3 Å². The van der Waals surface area contributed by atoms with Crippen LogP contribution in [0.25, 0.3) is 0 Å². The normalized spacial score (nSPS) is 16.3. The molecule has 0 saturated carbocycles. The third kappa shape index (κ3) is 3.94. The Morgan fingerprint density at radius 1 is 1.32 bits per heavy atom. The molecule has 4 nitrogen and oxygen atoms in total. The highest BCUT2D eigenvalue weighted by Crippen LogP contribution is 2.30. The number of nitrogens with one attached hydrogen (secondary N) is 1. The van der Waals surface area contributed by atoms with Gasteiger partial charge >= 0.3 is 0 Å². The summed E-state index contributed by atoms with van der Waals surface area (Å²) in [6.45, 7) is 9.48. The van der Waals surface area contributed by atoms with Gasteiger partial charge < -0.3 is 5.32 Å². The first kappa shape index (κ1) is 17.7. The number of aromatic nitrogens is 2. The number of benzene rings is 1. The van der Waals surface area contributed by atoms with Crippen molar-refractivity contribution in [1.82, 2.24) is 15.1 Å². The minimum absolute atomic E-state index is 0.136. The van der Waals surface area contributed by atoms with Gasteiger partial charge in [0.25, 0.3) is 0 Å². The van der Waals surface area contributed by atoms with E-state index in [1.165, 1.54) is 22.4 Å². The Labute approximate surface area is 150 Å². The molecule has 1 amide bonds. The third-order valence-corrected chi connectivity index (χ3v) is 5.14. The molecule has 4 heteroatoms. The van der Waals surface area contributed by atoms with Crippen LogP contribution in [0.2, 0.25) is 0 Å². The van der Waals surface area contributed by atoms with Gasteiger partial charge in [-0.25, -0.2) is 0 Å². The Kier molecular flexibility index (Phi) is 5.26. The van der Waals surface area contributed by atoms with E-state index in [2.05, 4.69) is 60.1 Å². The van der Waals surface area contributed by atoms with Crippen molar-refractivity contribution in [3.63, 3.8) is 0 Å². The number of nitrogens with zero attached hydrogens (tertiary/aromatic N) is 2. The maximum Gasteiger partial charge on any atom is 0.220 e. The predicted octanol–water partition coefficient (Wildman–Crippen LogP) is 3.89. The predicted molar refractivity (Wildman–Crippen MR) is 101 cm³/mol. The summed E-state index contributed by atoms with van der Waals surface area (Å²) in [5, 5.41) is 7.86. The lowest BCUT2D eigenvalue weighted by Gasteiger charge is -2.14. The Morgan fingerprint density at radius 3 is 2.84 bits per heavy atom. The molecule has 1 unspecified atom stereocenters. The molecule has 3 rings (SSSR count). The summed E-state index contributed by atoms with van der Waals surface area (Å²) >= 11 is 0. The zero-order valence-electron chi connectivity index (χ0n) is 15.8. The van der Waals surface area contributed by atoms with Crippen molar-refractivity contribution in [2.24, 2.45) is 5.92 Å². The van der Waals surface area contributed by atoms with E-state index in [1.54, 1.807) is 0 Å². The molecule has 134 valence electrons. The van der Waals surface area contributed by atoms with Gasteiger partial charge in [0, 0.05) is 18.7 Å². The zero-order chi connectivity index (χ0) is 18.0. The van der Waals surface area contributed by atoms with Gasteiger partial charge in [0.2, 0.25) is 5.91 Å². The van der Waals surface area contributed by atoms with Gasteiger partial charge in [0.05, 0.1) is 11.7 Å². The standard InChI is InChI=1S/C21H29N3O/c1-14(2)13-24-16(4)18(15(3)23-24)10-12-21(25)22-20-11-9-17-7-5-6-8-19(17)20/h5-8,14,20H,9-13H2,1-4H3,(H,22,25). The van der Waals surface area contributed by atoms with Gasteiger partial charge in [-0.3, -0.25) is 9.48 Å². The average Bonchev–Trinajstić information content (AvgIpc) is 3.07. The van der Waals surface area contributed by atoms with E-state index in [-0.39, 0.29) is 11.9 Å². The van der Waals surface area contributed by atoms with Crippen molar-refractivity contribution in [3.8, 4) is 0 Å². The number of amides is 1. The van der Waals surface area contributed by atoms with Crippen molar-refractivity contribution in [3.05, 3.63) is 52.3 Å². The highest BCUT2D eigenvalue weighted by molar-refractivity contribution is 5.77. The van der Waals surface area contributed by atoms with Crippen LogP contribution in [0.4, 0.5) is 0 Å². The minimum atomic E-state index is 0.136. The highest BCUT2D eigenvalue weighted by Gasteiger charge is 2.23. The molecule has 0 saturated heterocycles. The molecule has 0 fully saturated rings. The molecular weight excluding hydrogens is 310 g/mol. The van der Waals surface area contributed by atoms with Crippen LogP contribution in [0.1, 0.15) is 60.8 Å². The van der Waals surface area contributed by atoms with Crippen LogP contribution in [-0.2, 0) is 24.2 Å². The van der Waals surface area contributed by atoms with Crippen LogP contribution in [0.5, 0.6) is 0 Å². The van der Waals surface area contributed by atoms with Crippen LogP contribution >= 0.6 is 0 Å². The first-order valence-corrected chi connectivity index (χ1v) is 9.35. The van der Waals surface area contributed by atoms with E-state index >= 15 is 0 Å². The lowest BCUT2D eigenvalue weighted by molar-refractivity contribution is -0.121. The van der Waals surface area contributed by atoms with E-state index in [4.69, 9.17) is 0 Å². The van der Waals surface area contributed by atoms with Gasteiger partial charge in [-0.15, -0.1) is 0 Å². The lowest BCUT2D eigenvalue weighted by atomic mass is 10.1. The smallest absolute Gasteiger partial charge is 0.220 e. The fourth-order valence-electron chi connectivity index (χ4n) is 3.83. The minimum Gasteiger partial charge on any atom is -0.349 e. The summed E-state index contributed by atoms with van der Waals surface area (Å²) in [6.07, 6.45) is 3.35. The average molecular weight is 339 g/mol. The maximum atomic E-state index is 12.5. The number of rotatable bonds is 6. The second-order valence-electron chi connectivity index (χ2n) is 7.58. The molecule has 1 aliphatic carbocycles. The number of fused-ring (bicyclic) bond motifs is 1. The van der Waals surface area contributed by atoms with Gasteiger partial charge in [-0.2, -0.15) is 5.10 Å². The third-order valence-electron chi connectivity index (χ3n) is 5.14. The summed E-state index contributed by atoms with van der Waals surface area (Å²) in [7, 11) is 0. The number of hydrogen-bond acceptors (Lipinski definition) is 2. The van der Waals surface area contributed by atoms with Crippen molar-refractivity contribution in [1.29, 1.82) is 0 Å². The lowest BCUT2D eigenvalue weighted by Crippen LogP contribution is -2.27. The molecule has 2 aromatic rings. The van der Waals surface area contributed by atoms with E-state index in [1.807, 2.05) is 6.92 Å². The van der Waals surface area contributed by atoms with Crippen LogP contribution < -0.4 is 5.32 Å². The van der Waals surface area contributed by atoms with E-state index in [0.717, 1.165) is 31.5 Å². The molecule has 0 spiro atoms. The summed E-state index contributed by atoms with van der Waals surface area (Å²) in [5.74, 6) is 0.702. The van der Waals surface area contributed by atoms with Crippen LogP contribution in [-0.4, -0.2) is 15.7 Å². The van der Waals surface area contributed by atoms with Crippen molar-refractivity contribution >= 4 is 5.91 Å². The van der Waals surface area contributed by atoms with Crippen molar-refractivity contribution in [2.75, 3.05) is 0 Å². The zero-order valence-corrected chi connectivity index (χ0v) is 15.8. The molecule has 1 aromatic heterocycles. The van der Waals surface area contributed by atoms with Gasteiger partial charge in [-0.05, 0) is 55.7 Å². The Balaban J connectivity index is 1.59. The molecule has 1 aliphatic rings. The number of aryl methyl sites for hydroxylation is 2. The Morgan fingerprint density at radius 2 is 2.08 bits per heavy atom. The SMILES string of the molecule is Cc1nn(CC(C)C)c(C)c1CCC(=O)NC1CCc2ccccc21. The maximum absolute atomic E-state index is 12.5. The van der Waals surface area contributed by atoms with Gasteiger partial charge in [0.1, 0.15) is 0 Å². The molecule has 1 atom stereocenters. The summed E-state index contributed by atoms with van der Waals surface area (Å²) in [6, 6.07) is 8.60. The largest absolute Gasteiger partial charge is 0.349 e. The number of carbonyl (C=O) groups excluding carboxylic acids is 1. The van der Waals surface area contributed by atoms with Crippen LogP contribution in [0, 0.1) is 19.8 Å². The second kappa shape index (κ2) is 7.42. The number of carbonyl (C=O) groups is 1. The summed E-state index contributed by atoms with van der Waals surface area (Å²) in [5.41, 5.74) is 6.13. The highest BCUT2D eigenvalue weighted by atomic mass is 16.1. The first-order chi connectivity index (χ1) is 12.0. The monoisotopic (exact) mass is 339 g/mol. The van der Waals surface area contributed by atoms with Crippen LogP contribution in [0.3, 0.4) is 0 Å². The van der Waals surface area contributed by atoms with Crippen molar-refractivity contribution in [2.45, 2.75) is 66.0 Å². The topological polar surface area (TPSA) is 46.9 Å². The molecule has 0 bridgehead atoms. The molecule has 1 N–H and O–H groups in total. The number of hydrogen-bond donors (Lipinski definition) is 1. The molecule has 1 aromatic carbocycles. The van der Waals surface area contributed by atoms with E-state index in [0.29, 0.717) is 12.3 Å². The second-order valence-corrected chi connectivity index (χ2v) is 7.58. The van der Waals surface area contributed by atoms with Gasteiger partial charge in [0.15, 0.2) is 0 Å². The molecule has 0 aliphatic heterocycles. The molecule has 25 heavy (non-hydrogen) atoms. The molecule has 0 radical (unpaired) electrons. The molecule has 1 heterocycles. The summed E-state index contributed by atoms with van der Waals surface area (Å²) < 4.78 is 2.08. The quantitative estimate of drug-likeness (QED) is 0.868. The van der Waals surface area contributed by atoms with Crippen molar-refractivity contribution < 1.29 is 4.79 Å².